The molecule has 0 aliphatic rings. The van der Waals surface area contributed by atoms with E-state index in [1.165, 1.54) is 0 Å². The van der Waals surface area contributed by atoms with Gasteiger partial charge < -0.3 is 14.5 Å². The summed E-state index contributed by atoms with van der Waals surface area (Å²) in [7, 11) is 1.64. The van der Waals surface area contributed by atoms with E-state index in [1.807, 2.05) is 25.1 Å². The summed E-state index contributed by atoms with van der Waals surface area (Å²) in [4.78, 5) is 7.35. The summed E-state index contributed by atoms with van der Waals surface area (Å²) in [6, 6.07) is 5.80. The van der Waals surface area contributed by atoms with Gasteiger partial charge in [-0.1, -0.05) is 13.0 Å². The van der Waals surface area contributed by atoms with Crippen molar-refractivity contribution in [3.05, 3.63) is 30.6 Å². The third-order valence-corrected chi connectivity index (χ3v) is 2.85. The van der Waals surface area contributed by atoms with Crippen molar-refractivity contribution in [3.63, 3.8) is 0 Å². The maximum absolute atomic E-state index is 5.96. The van der Waals surface area contributed by atoms with Crippen LogP contribution >= 0.6 is 0 Å². The fourth-order valence-corrected chi connectivity index (χ4v) is 1.68. The molecule has 0 saturated heterocycles. The zero-order chi connectivity index (χ0) is 13.0. The van der Waals surface area contributed by atoms with Crippen LogP contribution in [0.2, 0.25) is 0 Å². The van der Waals surface area contributed by atoms with Gasteiger partial charge in [-0.05, 0) is 25.5 Å². The van der Waals surface area contributed by atoms with Gasteiger partial charge in [0.25, 0.3) is 0 Å². The molecule has 4 heteroatoms. The molecule has 0 radical (unpaired) electrons. The zero-order valence-electron chi connectivity index (χ0n) is 10.9. The van der Waals surface area contributed by atoms with Crippen LogP contribution in [-0.4, -0.2) is 23.2 Å². The standard InChI is InChI=1S/C14H18N2O2/c1-4-10(2)18-13-11(14-15-8-9-16-14)6-5-7-12(13)17-3/h5-10H,4H2,1-3H3,(H,15,16). The van der Waals surface area contributed by atoms with E-state index >= 15 is 0 Å². The Morgan fingerprint density at radius 3 is 2.83 bits per heavy atom. The molecule has 1 unspecified atom stereocenters. The van der Waals surface area contributed by atoms with Gasteiger partial charge in [-0.3, -0.25) is 0 Å². The fourth-order valence-electron chi connectivity index (χ4n) is 1.68. The average Bonchev–Trinajstić information content (AvgIpc) is 2.92. The van der Waals surface area contributed by atoms with E-state index < -0.39 is 0 Å². The molecule has 1 aromatic carbocycles. The van der Waals surface area contributed by atoms with E-state index in [4.69, 9.17) is 9.47 Å². The fraction of sp³-hybridized carbons (Fsp3) is 0.357. The minimum atomic E-state index is 0.134. The van der Waals surface area contributed by atoms with Gasteiger partial charge in [0.2, 0.25) is 0 Å². The van der Waals surface area contributed by atoms with Crippen molar-refractivity contribution in [2.45, 2.75) is 26.4 Å². The van der Waals surface area contributed by atoms with E-state index in [2.05, 4.69) is 16.9 Å². The maximum atomic E-state index is 5.96. The van der Waals surface area contributed by atoms with Gasteiger partial charge in [-0.2, -0.15) is 0 Å². The van der Waals surface area contributed by atoms with Crippen molar-refractivity contribution < 1.29 is 9.47 Å². The molecule has 2 rings (SSSR count). The van der Waals surface area contributed by atoms with Crippen LogP contribution in [0.15, 0.2) is 30.6 Å². The number of nitrogens with one attached hydrogen (secondary N) is 1. The van der Waals surface area contributed by atoms with E-state index in [9.17, 15) is 0 Å². The molecule has 0 fully saturated rings. The van der Waals surface area contributed by atoms with Gasteiger partial charge in [0, 0.05) is 12.4 Å². The second-order valence-corrected chi connectivity index (χ2v) is 4.11. The Hall–Kier alpha value is -1.97. The van der Waals surface area contributed by atoms with Gasteiger partial charge in [0.05, 0.1) is 18.8 Å². The largest absolute Gasteiger partial charge is 0.493 e. The van der Waals surface area contributed by atoms with Crippen LogP contribution in [0.4, 0.5) is 0 Å². The van der Waals surface area contributed by atoms with Gasteiger partial charge in [0.15, 0.2) is 11.5 Å². The molecule has 0 bridgehead atoms. The lowest BCUT2D eigenvalue weighted by atomic mass is 10.1. The summed E-state index contributed by atoms with van der Waals surface area (Å²) in [5.41, 5.74) is 0.916. The molecule has 0 aliphatic heterocycles. The normalized spacial score (nSPS) is 12.2. The molecule has 1 heterocycles. The van der Waals surface area contributed by atoms with Crippen LogP contribution in [0.5, 0.6) is 11.5 Å². The predicted octanol–water partition coefficient (Wildman–Crippen LogP) is 3.26. The molecule has 2 aromatic rings. The SMILES string of the molecule is CCC(C)Oc1c(OC)cccc1-c1ncc[nH]1. The van der Waals surface area contributed by atoms with Gasteiger partial charge in [-0.15, -0.1) is 0 Å². The summed E-state index contributed by atoms with van der Waals surface area (Å²) in [6.45, 7) is 4.13. The van der Waals surface area contributed by atoms with Crippen LogP contribution in [0.1, 0.15) is 20.3 Å². The average molecular weight is 246 g/mol. The number of aromatic nitrogens is 2. The van der Waals surface area contributed by atoms with Gasteiger partial charge >= 0.3 is 0 Å². The van der Waals surface area contributed by atoms with Crippen molar-refractivity contribution in [1.29, 1.82) is 0 Å². The number of imidazole rings is 1. The molecular weight excluding hydrogens is 228 g/mol. The minimum absolute atomic E-state index is 0.134. The Labute approximate surface area is 107 Å². The number of hydrogen-bond donors (Lipinski definition) is 1. The topological polar surface area (TPSA) is 47.1 Å². The molecule has 96 valence electrons. The summed E-state index contributed by atoms with van der Waals surface area (Å²) < 4.78 is 11.3. The predicted molar refractivity (Wildman–Crippen MR) is 71.0 cm³/mol. The number of aromatic amines is 1. The van der Waals surface area contributed by atoms with Crippen molar-refractivity contribution in [3.8, 4) is 22.9 Å². The molecule has 18 heavy (non-hydrogen) atoms. The number of methoxy groups -OCH3 is 1. The van der Waals surface area contributed by atoms with E-state index in [1.54, 1.807) is 19.5 Å². The molecular formula is C14H18N2O2. The van der Waals surface area contributed by atoms with Gasteiger partial charge in [-0.25, -0.2) is 4.98 Å². The molecule has 0 aliphatic carbocycles. The first-order chi connectivity index (χ1) is 8.76. The van der Waals surface area contributed by atoms with Crippen molar-refractivity contribution >= 4 is 0 Å². The van der Waals surface area contributed by atoms with Crippen LogP contribution in [0.3, 0.4) is 0 Å². The first-order valence-electron chi connectivity index (χ1n) is 6.09. The molecule has 1 atom stereocenters. The molecule has 4 nitrogen and oxygen atoms in total. The quantitative estimate of drug-likeness (QED) is 0.880. The highest BCUT2D eigenvalue weighted by molar-refractivity contribution is 5.68. The lowest BCUT2D eigenvalue weighted by molar-refractivity contribution is 0.208. The molecule has 1 aromatic heterocycles. The van der Waals surface area contributed by atoms with Crippen LogP contribution < -0.4 is 9.47 Å². The Bertz CT molecular complexity index is 495. The van der Waals surface area contributed by atoms with E-state index in [0.717, 1.165) is 29.3 Å². The highest BCUT2D eigenvalue weighted by atomic mass is 16.5. The van der Waals surface area contributed by atoms with Crippen LogP contribution in [0.25, 0.3) is 11.4 Å². The Balaban J connectivity index is 2.45. The number of benzene rings is 1. The second kappa shape index (κ2) is 5.58. The van der Waals surface area contributed by atoms with Crippen molar-refractivity contribution in [2.75, 3.05) is 7.11 Å². The Morgan fingerprint density at radius 2 is 2.22 bits per heavy atom. The van der Waals surface area contributed by atoms with Crippen molar-refractivity contribution in [1.82, 2.24) is 9.97 Å². The Morgan fingerprint density at radius 1 is 1.39 bits per heavy atom. The molecule has 1 N–H and O–H groups in total. The highest BCUT2D eigenvalue weighted by Gasteiger charge is 2.15. The first kappa shape index (κ1) is 12.5. The number of hydrogen-bond acceptors (Lipinski definition) is 3. The number of nitrogens with zero attached hydrogens (tertiary/aromatic N) is 1. The van der Waals surface area contributed by atoms with E-state index in [-0.39, 0.29) is 6.10 Å². The number of H-pyrrole nitrogens is 1. The number of ether oxygens (including phenoxy) is 2. The van der Waals surface area contributed by atoms with Crippen LogP contribution in [0, 0.1) is 0 Å². The lowest BCUT2D eigenvalue weighted by Gasteiger charge is -2.18. The minimum Gasteiger partial charge on any atom is -0.493 e. The maximum Gasteiger partial charge on any atom is 0.172 e. The number of rotatable bonds is 5. The van der Waals surface area contributed by atoms with Crippen LogP contribution in [-0.2, 0) is 0 Å². The third kappa shape index (κ3) is 2.47. The lowest BCUT2D eigenvalue weighted by Crippen LogP contribution is -2.11. The molecule has 0 spiro atoms. The summed E-state index contributed by atoms with van der Waals surface area (Å²) in [6.07, 6.45) is 4.59. The summed E-state index contributed by atoms with van der Waals surface area (Å²) >= 11 is 0. The van der Waals surface area contributed by atoms with Crippen molar-refractivity contribution in [2.24, 2.45) is 0 Å². The highest BCUT2D eigenvalue weighted by Crippen LogP contribution is 2.37. The summed E-state index contributed by atoms with van der Waals surface area (Å²) in [5, 5.41) is 0. The van der Waals surface area contributed by atoms with E-state index in [0.29, 0.717) is 0 Å². The summed E-state index contributed by atoms with van der Waals surface area (Å²) in [5.74, 6) is 2.25. The molecule has 0 amide bonds. The monoisotopic (exact) mass is 246 g/mol. The smallest absolute Gasteiger partial charge is 0.172 e. The molecule has 0 saturated carbocycles. The zero-order valence-corrected chi connectivity index (χ0v) is 10.9. The Kier molecular flexibility index (Phi) is 3.87. The second-order valence-electron chi connectivity index (χ2n) is 4.11. The first-order valence-corrected chi connectivity index (χ1v) is 6.09. The van der Waals surface area contributed by atoms with Gasteiger partial charge in [0.1, 0.15) is 5.82 Å². The number of para-hydroxylation sites is 1. The third-order valence-electron chi connectivity index (χ3n) is 2.85.